The van der Waals surface area contributed by atoms with E-state index in [1.54, 1.807) is 19.2 Å². The van der Waals surface area contributed by atoms with E-state index in [2.05, 4.69) is 51.6 Å². The van der Waals surface area contributed by atoms with Crippen molar-refractivity contribution in [3.8, 4) is 5.75 Å². The fourth-order valence-corrected chi connectivity index (χ4v) is 15.0. The lowest BCUT2D eigenvalue weighted by atomic mass is 9.86. The molecule has 4 unspecified atom stereocenters. The maximum absolute atomic E-state index is 13.7. The van der Waals surface area contributed by atoms with Crippen LogP contribution in [0.25, 0.3) is 0 Å². The molecule has 15 nitrogen and oxygen atoms in total. The van der Waals surface area contributed by atoms with Crippen LogP contribution in [0.1, 0.15) is 44.4 Å². The van der Waals surface area contributed by atoms with Crippen LogP contribution >= 0.6 is 0 Å². The summed E-state index contributed by atoms with van der Waals surface area (Å²) in [6.45, 7) is 12.8. The molecule has 5 aromatic rings. The molecule has 2 aliphatic heterocycles. The Labute approximate surface area is 430 Å². The molecule has 73 heavy (non-hydrogen) atoms. The molecule has 2 heterocycles. The number of hydrogen-bond acceptors (Lipinski definition) is 15. The Morgan fingerprint density at radius 2 is 1.29 bits per heavy atom. The molecule has 7 rings (SSSR count). The van der Waals surface area contributed by atoms with Crippen molar-refractivity contribution >= 4 is 34.8 Å². The van der Waals surface area contributed by atoms with Gasteiger partial charge in [0.05, 0.1) is 31.8 Å². The first-order chi connectivity index (χ1) is 35.0. The van der Waals surface area contributed by atoms with Crippen molar-refractivity contribution in [3.05, 3.63) is 169 Å². The van der Waals surface area contributed by atoms with Gasteiger partial charge in [0.15, 0.2) is 18.7 Å². The summed E-state index contributed by atoms with van der Waals surface area (Å²) in [4.78, 5) is 12.9. The molecule has 0 spiro atoms. The molecular formula is C56H68O15SSi. The maximum atomic E-state index is 13.7. The third-order valence-electron chi connectivity index (χ3n) is 13.3. The molecule has 0 aliphatic carbocycles. The molecule has 0 radical (unpaired) electrons. The first-order valence-electron chi connectivity index (χ1n) is 24.1. The molecule has 0 saturated carbocycles. The lowest BCUT2D eigenvalue weighted by Crippen LogP contribution is -2.70. The zero-order chi connectivity index (χ0) is 52.4. The third kappa shape index (κ3) is 12.7. The lowest BCUT2D eigenvalue weighted by Gasteiger charge is -2.52. The van der Waals surface area contributed by atoms with Gasteiger partial charge in [-0.2, -0.15) is 8.42 Å². The highest BCUT2D eigenvalue weighted by Gasteiger charge is 2.59. The van der Waals surface area contributed by atoms with E-state index in [1.165, 1.54) is 39.4 Å². The monoisotopic (exact) mass is 1040 g/mol. The minimum atomic E-state index is -4.43. The zero-order valence-corrected chi connectivity index (χ0v) is 44.5. The van der Waals surface area contributed by atoms with Crippen molar-refractivity contribution in [2.24, 2.45) is 0 Å². The summed E-state index contributed by atoms with van der Waals surface area (Å²) < 4.78 is 98.5. The third-order valence-corrected chi connectivity index (χ3v) is 19.6. The number of aliphatic hydroxyl groups excluding tert-OH is 1. The minimum Gasteiger partial charge on any atom is -0.497 e. The number of rotatable bonds is 22. The molecular weight excluding hydrogens is 973 g/mol. The van der Waals surface area contributed by atoms with Crippen molar-refractivity contribution in [1.29, 1.82) is 0 Å². The molecule has 2 saturated heterocycles. The van der Waals surface area contributed by atoms with E-state index in [0.29, 0.717) is 5.75 Å². The summed E-state index contributed by atoms with van der Waals surface area (Å²) in [7, 11) is -3.28. The number of carbonyl (C=O) groups is 1. The van der Waals surface area contributed by atoms with Crippen molar-refractivity contribution in [2.45, 2.75) is 119 Å². The highest BCUT2D eigenvalue weighted by Crippen LogP contribution is 2.41. The summed E-state index contributed by atoms with van der Waals surface area (Å²) >= 11 is 0. The fraction of sp³-hybridized carbons (Fsp3) is 0.411. The summed E-state index contributed by atoms with van der Waals surface area (Å²) in [6.07, 6.45) is -10.4. The van der Waals surface area contributed by atoms with Crippen LogP contribution in [0.2, 0.25) is 5.04 Å². The second-order valence-electron chi connectivity index (χ2n) is 19.1. The highest BCUT2D eigenvalue weighted by molar-refractivity contribution is 7.86. The highest BCUT2D eigenvalue weighted by atomic mass is 32.2. The minimum absolute atomic E-state index is 0.0755. The van der Waals surface area contributed by atoms with Crippen LogP contribution in [-0.4, -0.2) is 123 Å². The van der Waals surface area contributed by atoms with Crippen LogP contribution in [-0.2, 0) is 74.6 Å². The number of ether oxygens (including phenoxy) is 9. The van der Waals surface area contributed by atoms with Crippen LogP contribution in [0.15, 0.2) is 157 Å². The molecule has 1 N–H and O–H groups in total. The first kappa shape index (κ1) is 55.6. The van der Waals surface area contributed by atoms with E-state index in [4.69, 9.17) is 51.2 Å². The standard InChI is InChI=1S/C56H68O15SSi/c1-10-56(37-66-72(59,60)43-32-26-38(2)27-33-43)52(58)49(62-8)51(68-39(3)57)54(71-56)70-47-46(36-67-73(55(4,5)6,44-22-16-12-17-23-44)45-24-18-13-19-25-45)69-53(63-9)50(48(47)64-34-40-20-14-11-15-21-40)65-35-41-28-30-42(61-7)31-29-41/h10-33,46-54,58H,1,34-37H2,2-9H3/t46?,47-,48-,49+,50?,51?,52+,53+,54+,56?/m0/s1. The Balaban J connectivity index is 1.35. The van der Waals surface area contributed by atoms with Crippen LogP contribution in [0.3, 0.4) is 0 Å². The lowest BCUT2D eigenvalue weighted by molar-refractivity contribution is -0.376. The fourth-order valence-electron chi connectivity index (χ4n) is 9.47. The first-order valence-corrected chi connectivity index (χ1v) is 27.4. The van der Waals surface area contributed by atoms with Gasteiger partial charge in [-0.05, 0) is 57.7 Å². The number of aliphatic hydroxyl groups is 1. The molecule has 5 aromatic carbocycles. The van der Waals surface area contributed by atoms with Gasteiger partial charge in [0.1, 0.15) is 54.6 Å². The van der Waals surface area contributed by atoms with Crippen molar-refractivity contribution in [1.82, 2.24) is 0 Å². The van der Waals surface area contributed by atoms with Gasteiger partial charge >= 0.3 is 5.97 Å². The zero-order valence-electron chi connectivity index (χ0n) is 42.7. The molecule has 17 heteroatoms. The molecule has 392 valence electrons. The molecule has 0 bridgehead atoms. The molecule has 0 amide bonds. The summed E-state index contributed by atoms with van der Waals surface area (Å²) in [5.74, 6) is -0.0759. The second-order valence-corrected chi connectivity index (χ2v) is 25.1. The van der Waals surface area contributed by atoms with Gasteiger partial charge < -0.3 is 52.2 Å². The van der Waals surface area contributed by atoms with Crippen LogP contribution in [0.4, 0.5) is 0 Å². The summed E-state index contributed by atoms with van der Waals surface area (Å²) in [5, 5.41) is 13.7. The number of aryl methyl sites for hydroxylation is 1. The van der Waals surface area contributed by atoms with Crippen LogP contribution < -0.4 is 15.1 Å². The van der Waals surface area contributed by atoms with Gasteiger partial charge in [-0.3, -0.25) is 8.98 Å². The SMILES string of the molecule is C=CC1(COS(=O)(=O)c2ccc(C)cc2)O[C@@H](O[C@H]2C(CO[Si](c3ccccc3)(c3ccccc3)C(C)(C)C)O[C@@H](OC)C(OCc3ccc(OC)cc3)[C@H]2OCc2ccccc2)C(OC(C)=O)[C@@H](OC)[C@H]1O. The topological polar surface area (TPSA) is 173 Å². The largest absolute Gasteiger partial charge is 0.497 e. The number of hydrogen-bond donors (Lipinski definition) is 1. The van der Waals surface area contributed by atoms with Crippen molar-refractivity contribution < 1.29 is 69.6 Å². The number of esters is 1. The quantitative estimate of drug-likeness (QED) is 0.0332. The van der Waals surface area contributed by atoms with E-state index in [9.17, 15) is 18.3 Å². The van der Waals surface area contributed by atoms with Crippen molar-refractivity contribution in [3.63, 3.8) is 0 Å². The maximum Gasteiger partial charge on any atom is 0.303 e. The Morgan fingerprint density at radius 1 is 0.726 bits per heavy atom. The van der Waals surface area contributed by atoms with Crippen LogP contribution in [0, 0.1) is 6.92 Å². The van der Waals surface area contributed by atoms with E-state index in [1.807, 2.05) is 97.9 Å². The number of methoxy groups -OCH3 is 3. The molecule has 0 aromatic heterocycles. The molecule has 2 fully saturated rings. The number of carbonyl (C=O) groups excluding carboxylic acids is 1. The van der Waals surface area contributed by atoms with Gasteiger partial charge in [0.2, 0.25) is 0 Å². The Morgan fingerprint density at radius 3 is 1.81 bits per heavy atom. The Hall–Kier alpha value is -5.12. The predicted octanol–water partition coefficient (Wildman–Crippen LogP) is 6.80. The Bertz CT molecular complexity index is 2600. The normalized spacial score (nSPS) is 25.7. The van der Waals surface area contributed by atoms with E-state index in [0.717, 1.165) is 27.1 Å². The van der Waals surface area contributed by atoms with Crippen LogP contribution in [0.5, 0.6) is 5.75 Å². The molecule has 10 atom stereocenters. The number of benzene rings is 5. The average Bonchev–Trinajstić information content (AvgIpc) is 3.39. The van der Waals surface area contributed by atoms with Gasteiger partial charge in [-0.1, -0.05) is 148 Å². The second kappa shape index (κ2) is 24.5. The smallest absolute Gasteiger partial charge is 0.303 e. The van der Waals surface area contributed by atoms with E-state index < -0.39 is 97.0 Å². The molecule has 2 aliphatic rings. The average molecular weight is 1040 g/mol. The van der Waals surface area contributed by atoms with Crippen molar-refractivity contribution in [2.75, 3.05) is 34.5 Å². The Kier molecular flexibility index (Phi) is 18.7. The van der Waals surface area contributed by atoms with Gasteiger partial charge in [-0.25, -0.2) is 0 Å². The predicted molar refractivity (Wildman–Crippen MR) is 275 cm³/mol. The van der Waals surface area contributed by atoms with E-state index >= 15 is 0 Å². The van der Waals surface area contributed by atoms with E-state index in [-0.39, 0.29) is 24.7 Å². The summed E-state index contributed by atoms with van der Waals surface area (Å²) in [5.41, 5.74) is 0.439. The van der Waals surface area contributed by atoms with Gasteiger partial charge in [0.25, 0.3) is 18.4 Å². The van der Waals surface area contributed by atoms with Gasteiger partial charge in [0, 0.05) is 21.1 Å². The summed E-state index contributed by atoms with van der Waals surface area (Å²) in [6, 6.07) is 43.3. The van der Waals surface area contributed by atoms with Gasteiger partial charge in [-0.15, -0.1) is 6.58 Å².